The number of hydrogen-bond acceptors (Lipinski definition) is 5. The van der Waals surface area contributed by atoms with Crippen LogP contribution in [0.15, 0.2) is 16.8 Å². The Bertz CT molecular complexity index is 600. The van der Waals surface area contributed by atoms with Crippen LogP contribution in [0, 0.1) is 11.8 Å². The van der Waals surface area contributed by atoms with Gasteiger partial charge in [0.05, 0.1) is 10.0 Å². The molecule has 114 valence electrons. The minimum absolute atomic E-state index is 0.326. The van der Waals surface area contributed by atoms with Crippen molar-refractivity contribution in [3.63, 3.8) is 0 Å². The second-order valence-electron chi connectivity index (χ2n) is 5.43. The Morgan fingerprint density at radius 2 is 2.10 bits per heavy atom. The fourth-order valence-corrected chi connectivity index (χ4v) is 2.65. The van der Waals surface area contributed by atoms with E-state index in [0.29, 0.717) is 52.3 Å². The molecule has 0 bridgehead atoms. The number of nitrogens with two attached hydrogens (primary N) is 1. The molecule has 0 aliphatic carbocycles. The van der Waals surface area contributed by atoms with E-state index in [9.17, 15) is 0 Å². The van der Waals surface area contributed by atoms with Gasteiger partial charge >= 0.3 is 0 Å². The average Bonchev–Trinajstić information content (AvgIpc) is 2.85. The normalized spacial score (nSPS) is 12.9. The van der Waals surface area contributed by atoms with Crippen molar-refractivity contribution < 1.29 is 4.52 Å². The maximum atomic E-state index is 6.09. The predicted molar refractivity (Wildman–Crippen MR) is 83.3 cm³/mol. The van der Waals surface area contributed by atoms with Crippen molar-refractivity contribution in [1.82, 2.24) is 15.1 Å². The summed E-state index contributed by atoms with van der Waals surface area (Å²) >= 11 is 11.9. The lowest BCUT2D eigenvalue weighted by Crippen LogP contribution is -2.19. The van der Waals surface area contributed by atoms with Crippen LogP contribution in [0.2, 0.25) is 10.0 Å². The fourth-order valence-electron chi connectivity index (χ4n) is 2.19. The van der Waals surface area contributed by atoms with Gasteiger partial charge in [-0.2, -0.15) is 4.98 Å². The van der Waals surface area contributed by atoms with Crippen LogP contribution in [0.4, 0.5) is 0 Å². The van der Waals surface area contributed by atoms with Gasteiger partial charge in [0.2, 0.25) is 11.7 Å². The Balaban J connectivity index is 2.14. The van der Waals surface area contributed by atoms with Crippen molar-refractivity contribution in [1.29, 1.82) is 0 Å². The molecule has 7 heteroatoms. The third-order valence-corrected chi connectivity index (χ3v) is 3.58. The van der Waals surface area contributed by atoms with Crippen molar-refractivity contribution in [2.24, 2.45) is 17.6 Å². The standard InChI is InChI=1S/C14H18Cl2N4O/c1-8(2)3-9(6-17)4-12-19-14(20-21-12)13-11(16)5-10(15)7-18-13/h5,7-9H,3-4,6,17H2,1-2H3. The Morgan fingerprint density at radius 3 is 2.71 bits per heavy atom. The molecule has 2 aromatic heterocycles. The van der Waals surface area contributed by atoms with Gasteiger partial charge < -0.3 is 10.3 Å². The zero-order valence-corrected chi connectivity index (χ0v) is 13.5. The molecule has 0 radical (unpaired) electrons. The molecule has 0 saturated heterocycles. The Kier molecular flexibility index (Phi) is 5.56. The molecule has 0 amide bonds. The van der Waals surface area contributed by atoms with Crippen LogP contribution in [0.25, 0.3) is 11.5 Å². The van der Waals surface area contributed by atoms with Crippen molar-refractivity contribution in [3.05, 3.63) is 28.2 Å². The Morgan fingerprint density at radius 1 is 1.33 bits per heavy atom. The van der Waals surface area contributed by atoms with E-state index < -0.39 is 0 Å². The van der Waals surface area contributed by atoms with Crippen molar-refractivity contribution >= 4 is 23.2 Å². The maximum absolute atomic E-state index is 6.09. The van der Waals surface area contributed by atoms with E-state index in [-0.39, 0.29) is 0 Å². The molecule has 2 rings (SSSR count). The molecule has 21 heavy (non-hydrogen) atoms. The molecule has 0 fully saturated rings. The molecule has 2 N–H and O–H groups in total. The lowest BCUT2D eigenvalue weighted by molar-refractivity contribution is 0.332. The van der Waals surface area contributed by atoms with Gasteiger partial charge in [-0.1, -0.05) is 42.2 Å². The van der Waals surface area contributed by atoms with E-state index >= 15 is 0 Å². The minimum atomic E-state index is 0.326. The van der Waals surface area contributed by atoms with Crippen LogP contribution in [0.3, 0.4) is 0 Å². The number of halogens is 2. The van der Waals surface area contributed by atoms with Crippen LogP contribution in [-0.4, -0.2) is 21.7 Å². The topological polar surface area (TPSA) is 77.8 Å². The zero-order chi connectivity index (χ0) is 15.4. The summed E-state index contributed by atoms with van der Waals surface area (Å²) in [6, 6.07) is 1.60. The molecule has 2 heterocycles. The fraction of sp³-hybridized carbons (Fsp3) is 0.500. The van der Waals surface area contributed by atoms with Crippen molar-refractivity contribution in [2.75, 3.05) is 6.54 Å². The summed E-state index contributed by atoms with van der Waals surface area (Å²) in [6.07, 6.45) is 3.18. The van der Waals surface area contributed by atoms with E-state index in [2.05, 4.69) is 29.0 Å². The summed E-state index contributed by atoms with van der Waals surface area (Å²) in [7, 11) is 0. The van der Waals surface area contributed by atoms with E-state index in [1.54, 1.807) is 6.07 Å². The van der Waals surface area contributed by atoms with Gasteiger partial charge in [-0.3, -0.25) is 0 Å². The van der Waals surface area contributed by atoms with E-state index in [4.69, 9.17) is 33.5 Å². The lowest BCUT2D eigenvalue weighted by Gasteiger charge is -2.14. The van der Waals surface area contributed by atoms with Crippen LogP contribution in [0.1, 0.15) is 26.2 Å². The number of nitrogens with zero attached hydrogens (tertiary/aromatic N) is 3. The first-order valence-corrected chi connectivity index (χ1v) is 7.59. The van der Waals surface area contributed by atoms with Crippen LogP contribution in [0.5, 0.6) is 0 Å². The van der Waals surface area contributed by atoms with Crippen LogP contribution >= 0.6 is 23.2 Å². The molecule has 0 saturated carbocycles. The maximum Gasteiger partial charge on any atom is 0.227 e. The number of hydrogen-bond donors (Lipinski definition) is 1. The highest BCUT2D eigenvalue weighted by atomic mass is 35.5. The average molecular weight is 329 g/mol. The zero-order valence-electron chi connectivity index (χ0n) is 12.0. The summed E-state index contributed by atoms with van der Waals surface area (Å²) in [4.78, 5) is 8.48. The smallest absolute Gasteiger partial charge is 0.227 e. The summed E-state index contributed by atoms with van der Waals surface area (Å²) in [6.45, 7) is 4.93. The van der Waals surface area contributed by atoms with Crippen molar-refractivity contribution in [2.45, 2.75) is 26.7 Å². The molecular formula is C14H18Cl2N4O. The van der Waals surface area contributed by atoms with E-state index in [1.807, 2.05) is 0 Å². The van der Waals surface area contributed by atoms with Crippen molar-refractivity contribution in [3.8, 4) is 11.5 Å². The molecule has 1 atom stereocenters. The third-order valence-electron chi connectivity index (χ3n) is 3.09. The number of pyridine rings is 1. The first kappa shape index (κ1) is 16.2. The van der Waals surface area contributed by atoms with Crippen LogP contribution in [-0.2, 0) is 6.42 Å². The molecule has 0 spiro atoms. The SMILES string of the molecule is CC(C)CC(CN)Cc1nc(-c2ncc(Cl)cc2Cl)no1. The predicted octanol–water partition coefficient (Wildman–Crippen LogP) is 3.60. The summed E-state index contributed by atoms with van der Waals surface area (Å²) in [5.41, 5.74) is 6.25. The van der Waals surface area contributed by atoms with Gasteiger partial charge in [0.25, 0.3) is 0 Å². The molecule has 2 aromatic rings. The molecular weight excluding hydrogens is 311 g/mol. The quantitative estimate of drug-likeness (QED) is 0.876. The van der Waals surface area contributed by atoms with E-state index in [1.165, 1.54) is 6.20 Å². The highest BCUT2D eigenvalue weighted by Crippen LogP contribution is 2.26. The summed E-state index contributed by atoms with van der Waals surface area (Å²) in [5.74, 6) is 1.82. The second kappa shape index (κ2) is 7.20. The summed E-state index contributed by atoms with van der Waals surface area (Å²) in [5, 5.41) is 4.79. The first-order valence-electron chi connectivity index (χ1n) is 6.83. The molecule has 1 unspecified atom stereocenters. The minimum Gasteiger partial charge on any atom is -0.339 e. The number of rotatable bonds is 6. The van der Waals surface area contributed by atoms with Gasteiger partial charge in [0.15, 0.2) is 0 Å². The largest absolute Gasteiger partial charge is 0.339 e. The lowest BCUT2D eigenvalue weighted by atomic mass is 9.94. The van der Waals surface area contributed by atoms with Gasteiger partial charge in [-0.15, -0.1) is 0 Å². The van der Waals surface area contributed by atoms with Crippen LogP contribution < -0.4 is 5.73 Å². The monoisotopic (exact) mass is 328 g/mol. The second-order valence-corrected chi connectivity index (χ2v) is 6.27. The third kappa shape index (κ3) is 4.40. The molecule has 0 aromatic carbocycles. The number of aromatic nitrogens is 3. The Labute approximate surface area is 133 Å². The van der Waals surface area contributed by atoms with Gasteiger partial charge in [0.1, 0.15) is 5.69 Å². The highest BCUT2D eigenvalue weighted by molar-refractivity contribution is 6.35. The van der Waals surface area contributed by atoms with Gasteiger partial charge in [0, 0.05) is 12.6 Å². The highest BCUT2D eigenvalue weighted by Gasteiger charge is 2.17. The first-order chi connectivity index (χ1) is 9.99. The summed E-state index contributed by atoms with van der Waals surface area (Å²) < 4.78 is 5.27. The van der Waals surface area contributed by atoms with Gasteiger partial charge in [-0.05, 0) is 30.9 Å². The molecule has 5 nitrogen and oxygen atoms in total. The van der Waals surface area contributed by atoms with E-state index in [0.717, 1.165) is 6.42 Å². The molecule has 0 aliphatic heterocycles. The molecule has 0 aliphatic rings. The van der Waals surface area contributed by atoms with Gasteiger partial charge in [-0.25, -0.2) is 4.98 Å². The Hall–Kier alpha value is -1.17.